The second-order valence-corrected chi connectivity index (χ2v) is 3.73. The van der Waals surface area contributed by atoms with E-state index in [1.807, 2.05) is 12.1 Å². The standard InChI is InChI=1S/C11H20N2O/c1-4-10(11-6-5-9-14-11)12-7-8-13(2)3/h5-6,9-10,12H,4,7-8H2,1-3H3. The molecule has 1 unspecified atom stereocenters. The predicted octanol–water partition coefficient (Wildman–Crippen LogP) is 1.88. The summed E-state index contributed by atoms with van der Waals surface area (Å²) in [6.07, 6.45) is 2.78. The van der Waals surface area contributed by atoms with Gasteiger partial charge in [0.1, 0.15) is 5.76 Å². The molecule has 1 rings (SSSR count). The number of rotatable bonds is 6. The van der Waals surface area contributed by atoms with Gasteiger partial charge in [-0.1, -0.05) is 6.92 Å². The molecule has 0 aromatic carbocycles. The van der Waals surface area contributed by atoms with Crippen molar-refractivity contribution in [2.75, 3.05) is 27.2 Å². The lowest BCUT2D eigenvalue weighted by Gasteiger charge is -2.16. The van der Waals surface area contributed by atoms with Crippen molar-refractivity contribution in [2.45, 2.75) is 19.4 Å². The van der Waals surface area contributed by atoms with E-state index in [1.165, 1.54) is 0 Å². The van der Waals surface area contributed by atoms with Crippen molar-refractivity contribution in [2.24, 2.45) is 0 Å². The minimum Gasteiger partial charge on any atom is -0.468 e. The summed E-state index contributed by atoms with van der Waals surface area (Å²) in [4.78, 5) is 2.17. The van der Waals surface area contributed by atoms with E-state index in [0.717, 1.165) is 25.3 Å². The molecule has 0 bridgehead atoms. The Kier molecular flexibility index (Phi) is 4.70. The molecule has 0 spiro atoms. The van der Waals surface area contributed by atoms with Gasteiger partial charge in [-0.2, -0.15) is 0 Å². The van der Waals surface area contributed by atoms with Crippen LogP contribution < -0.4 is 5.32 Å². The maximum absolute atomic E-state index is 5.37. The molecule has 1 heterocycles. The van der Waals surface area contributed by atoms with Crippen LogP contribution in [-0.2, 0) is 0 Å². The van der Waals surface area contributed by atoms with Crippen molar-refractivity contribution in [1.29, 1.82) is 0 Å². The summed E-state index contributed by atoms with van der Waals surface area (Å²) >= 11 is 0. The van der Waals surface area contributed by atoms with Gasteiger partial charge in [0.05, 0.1) is 12.3 Å². The molecule has 3 nitrogen and oxygen atoms in total. The van der Waals surface area contributed by atoms with Gasteiger partial charge in [-0.05, 0) is 32.6 Å². The lowest BCUT2D eigenvalue weighted by atomic mass is 10.2. The molecule has 0 fully saturated rings. The monoisotopic (exact) mass is 196 g/mol. The van der Waals surface area contributed by atoms with Gasteiger partial charge in [-0.3, -0.25) is 0 Å². The maximum atomic E-state index is 5.37. The Hall–Kier alpha value is -0.800. The molecule has 0 radical (unpaired) electrons. The Labute approximate surface area is 86.1 Å². The van der Waals surface area contributed by atoms with Gasteiger partial charge in [-0.25, -0.2) is 0 Å². The lowest BCUT2D eigenvalue weighted by Crippen LogP contribution is -2.29. The lowest BCUT2D eigenvalue weighted by molar-refractivity contribution is 0.358. The van der Waals surface area contributed by atoms with Crippen molar-refractivity contribution >= 4 is 0 Å². The quantitative estimate of drug-likeness (QED) is 0.753. The molecule has 1 atom stereocenters. The maximum Gasteiger partial charge on any atom is 0.120 e. The van der Waals surface area contributed by atoms with Crippen LogP contribution in [0.15, 0.2) is 22.8 Å². The van der Waals surface area contributed by atoms with Gasteiger partial charge in [0, 0.05) is 13.1 Å². The summed E-state index contributed by atoms with van der Waals surface area (Å²) in [5.41, 5.74) is 0. The van der Waals surface area contributed by atoms with Gasteiger partial charge in [-0.15, -0.1) is 0 Å². The SMILES string of the molecule is CCC(NCCN(C)C)c1ccco1. The van der Waals surface area contributed by atoms with E-state index in [1.54, 1.807) is 6.26 Å². The third-order valence-corrected chi connectivity index (χ3v) is 2.24. The molecule has 14 heavy (non-hydrogen) atoms. The molecule has 0 amide bonds. The van der Waals surface area contributed by atoms with Crippen LogP contribution in [0.25, 0.3) is 0 Å². The fraction of sp³-hybridized carbons (Fsp3) is 0.636. The number of hydrogen-bond acceptors (Lipinski definition) is 3. The Morgan fingerprint density at radius 2 is 2.29 bits per heavy atom. The first-order valence-electron chi connectivity index (χ1n) is 5.15. The molecule has 0 saturated carbocycles. The highest BCUT2D eigenvalue weighted by molar-refractivity contribution is 5.03. The number of nitrogens with one attached hydrogen (secondary N) is 1. The molecule has 1 N–H and O–H groups in total. The minimum atomic E-state index is 0.352. The van der Waals surface area contributed by atoms with E-state index in [2.05, 4.69) is 31.2 Å². The summed E-state index contributed by atoms with van der Waals surface area (Å²) in [7, 11) is 4.16. The summed E-state index contributed by atoms with van der Waals surface area (Å²) < 4.78 is 5.37. The van der Waals surface area contributed by atoms with Gasteiger partial charge < -0.3 is 14.6 Å². The Balaban J connectivity index is 2.33. The van der Waals surface area contributed by atoms with Crippen molar-refractivity contribution in [3.05, 3.63) is 24.2 Å². The molecule has 0 aliphatic heterocycles. The van der Waals surface area contributed by atoms with E-state index in [4.69, 9.17) is 4.42 Å². The molecule has 0 aliphatic carbocycles. The van der Waals surface area contributed by atoms with Crippen LogP contribution in [0.4, 0.5) is 0 Å². The average Bonchev–Trinajstić information content (AvgIpc) is 2.64. The summed E-state index contributed by atoms with van der Waals surface area (Å²) in [6, 6.07) is 4.31. The topological polar surface area (TPSA) is 28.4 Å². The highest BCUT2D eigenvalue weighted by Crippen LogP contribution is 2.15. The van der Waals surface area contributed by atoms with Gasteiger partial charge >= 0.3 is 0 Å². The summed E-state index contributed by atoms with van der Waals surface area (Å²) in [5, 5.41) is 3.47. The van der Waals surface area contributed by atoms with Crippen LogP contribution in [-0.4, -0.2) is 32.1 Å². The molecular weight excluding hydrogens is 176 g/mol. The molecule has 0 saturated heterocycles. The van der Waals surface area contributed by atoms with Crippen molar-refractivity contribution in [3.63, 3.8) is 0 Å². The van der Waals surface area contributed by atoms with Crippen molar-refractivity contribution < 1.29 is 4.42 Å². The zero-order valence-electron chi connectivity index (χ0n) is 9.29. The molecule has 80 valence electrons. The number of likely N-dealkylation sites (N-methyl/N-ethyl adjacent to an activating group) is 1. The fourth-order valence-electron chi connectivity index (χ4n) is 1.40. The van der Waals surface area contributed by atoms with Crippen LogP contribution in [0, 0.1) is 0 Å². The summed E-state index contributed by atoms with van der Waals surface area (Å²) in [5.74, 6) is 1.03. The molecule has 1 aromatic rings. The average molecular weight is 196 g/mol. The predicted molar refractivity (Wildman–Crippen MR) is 58.3 cm³/mol. The smallest absolute Gasteiger partial charge is 0.120 e. The van der Waals surface area contributed by atoms with Crippen molar-refractivity contribution in [3.8, 4) is 0 Å². The third-order valence-electron chi connectivity index (χ3n) is 2.24. The fourth-order valence-corrected chi connectivity index (χ4v) is 1.40. The normalized spacial score (nSPS) is 13.4. The molecule has 1 aromatic heterocycles. The van der Waals surface area contributed by atoms with Crippen LogP contribution in [0.5, 0.6) is 0 Å². The molecule has 0 aliphatic rings. The van der Waals surface area contributed by atoms with Crippen LogP contribution in [0.1, 0.15) is 25.1 Å². The van der Waals surface area contributed by atoms with E-state index >= 15 is 0 Å². The Morgan fingerprint density at radius 1 is 1.50 bits per heavy atom. The minimum absolute atomic E-state index is 0.352. The molecular formula is C11H20N2O. The molecule has 3 heteroatoms. The second kappa shape index (κ2) is 5.83. The van der Waals surface area contributed by atoms with Crippen LogP contribution in [0.2, 0.25) is 0 Å². The number of hydrogen-bond donors (Lipinski definition) is 1. The largest absolute Gasteiger partial charge is 0.468 e. The van der Waals surface area contributed by atoms with Gasteiger partial charge in [0.15, 0.2) is 0 Å². The number of nitrogens with zero attached hydrogens (tertiary/aromatic N) is 1. The van der Waals surface area contributed by atoms with E-state index < -0.39 is 0 Å². The first kappa shape index (κ1) is 11.3. The summed E-state index contributed by atoms with van der Waals surface area (Å²) in [6.45, 7) is 4.21. The van der Waals surface area contributed by atoms with Crippen molar-refractivity contribution in [1.82, 2.24) is 10.2 Å². The van der Waals surface area contributed by atoms with E-state index in [9.17, 15) is 0 Å². The van der Waals surface area contributed by atoms with E-state index in [-0.39, 0.29) is 0 Å². The van der Waals surface area contributed by atoms with Crippen LogP contribution in [0.3, 0.4) is 0 Å². The highest BCUT2D eigenvalue weighted by atomic mass is 16.3. The second-order valence-electron chi connectivity index (χ2n) is 3.73. The first-order chi connectivity index (χ1) is 6.74. The Morgan fingerprint density at radius 3 is 2.79 bits per heavy atom. The zero-order valence-corrected chi connectivity index (χ0v) is 9.29. The number of furan rings is 1. The first-order valence-corrected chi connectivity index (χ1v) is 5.15. The highest BCUT2D eigenvalue weighted by Gasteiger charge is 2.10. The third kappa shape index (κ3) is 3.52. The Bertz CT molecular complexity index is 231. The zero-order chi connectivity index (χ0) is 10.4. The van der Waals surface area contributed by atoms with E-state index in [0.29, 0.717) is 6.04 Å². The van der Waals surface area contributed by atoms with Crippen LogP contribution >= 0.6 is 0 Å². The van der Waals surface area contributed by atoms with Gasteiger partial charge in [0.25, 0.3) is 0 Å². The van der Waals surface area contributed by atoms with Gasteiger partial charge in [0.2, 0.25) is 0 Å².